The van der Waals surface area contributed by atoms with Gasteiger partial charge >= 0.3 is 7.91 Å². The van der Waals surface area contributed by atoms with Gasteiger partial charge in [-0.25, -0.2) is 4.57 Å². The van der Waals surface area contributed by atoms with E-state index in [4.69, 9.17) is 4.52 Å². The minimum atomic E-state index is -4.31. The highest BCUT2D eigenvalue weighted by molar-refractivity contribution is 7.48. The summed E-state index contributed by atoms with van der Waals surface area (Å²) in [6, 6.07) is 10.1. The van der Waals surface area contributed by atoms with Crippen LogP contribution in [0.1, 0.15) is 12.0 Å². The van der Waals surface area contributed by atoms with Gasteiger partial charge in [0.15, 0.2) is 0 Å². The molecule has 4 nitrogen and oxygen atoms in total. The second kappa shape index (κ2) is 5.33. The maximum absolute atomic E-state index is 13.3. The summed E-state index contributed by atoms with van der Waals surface area (Å²) < 4.78 is 34.1. The van der Waals surface area contributed by atoms with Crippen LogP contribution in [0.4, 0.5) is 4.20 Å². The number of rotatable bonds is 2. The van der Waals surface area contributed by atoms with Crippen molar-refractivity contribution >= 4 is 7.91 Å². The zero-order valence-electron chi connectivity index (χ0n) is 10.6. The molecule has 2 heterocycles. The Hall–Kier alpha value is -0.740. The smallest absolute Gasteiger partial charge is 0.296 e. The lowest BCUT2D eigenvalue weighted by Crippen LogP contribution is -2.47. The zero-order valence-corrected chi connectivity index (χ0v) is 11.5. The van der Waals surface area contributed by atoms with Crippen molar-refractivity contribution in [3.8, 4) is 0 Å². The molecule has 19 heavy (non-hydrogen) atoms. The van der Waals surface area contributed by atoms with Crippen molar-refractivity contribution in [2.24, 2.45) is 5.92 Å². The molecule has 1 aromatic rings. The molecule has 0 unspecified atom stereocenters. The number of benzene rings is 1. The van der Waals surface area contributed by atoms with Gasteiger partial charge in [0.05, 0.1) is 12.7 Å². The second-order valence-corrected chi connectivity index (χ2v) is 6.47. The number of piperidine rings is 1. The molecule has 0 N–H and O–H groups in total. The molecule has 1 aromatic carbocycles. The molecule has 0 aromatic heterocycles. The fourth-order valence-corrected chi connectivity index (χ4v) is 3.69. The summed E-state index contributed by atoms with van der Waals surface area (Å²) in [6.07, 6.45) is 0.569. The van der Waals surface area contributed by atoms with Gasteiger partial charge in [0.1, 0.15) is 0 Å². The van der Waals surface area contributed by atoms with Crippen LogP contribution in [0, 0.1) is 5.92 Å². The van der Waals surface area contributed by atoms with Gasteiger partial charge in [-0.2, -0.15) is 0 Å². The number of halogens is 1. The van der Waals surface area contributed by atoms with Crippen LogP contribution >= 0.6 is 7.91 Å². The van der Waals surface area contributed by atoms with Crippen molar-refractivity contribution in [3.63, 3.8) is 0 Å². The van der Waals surface area contributed by atoms with Gasteiger partial charge in [0.25, 0.3) is 0 Å². The number of hydrogen-bond donors (Lipinski definition) is 0. The number of hydrogen-bond acceptors (Lipinski definition) is 4. The van der Waals surface area contributed by atoms with E-state index in [0.717, 1.165) is 19.5 Å². The summed E-state index contributed by atoms with van der Waals surface area (Å²) in [5.41, 5.74) is 1.22. The van der Waals surface area contributed by atoms with E-state index in [0.29, 0.717) is 6.54 Å². The third kappa shape index (κ3) is 3.23. The first-order chi connectivity index (χ1) is 9.12. The Labute approximate surface area is 112 Å². The SMILES string of the molecule is O=[P@]1(F)OC[C@@H]2CCN(Cc3ccccc3)C[C@@H]2O1. The van der Waals surface area contributed by atoms with E-state index in [-0.39, 0.29) is 18.6 Å². The summed E-state index contributed by atoms with van der Waals surface area (Å²) in [4.78, 5) is 2.21. The molecule has 2 saturated heterocycles. The summed E-state index contributed by atoms with van der Waals surface area (Å²) >= 11 is 0. The lowest BCUT2D eigenvalue weighted by molar-refractivity contribution is -0.0378. The first-order valence-electron chi connectivity index (χ1n) is 6.51. The zero-order chi connectivity index (χ0) is 13.3. The third-order valence-electron chi connectivity index (χ3n) is 3.73. The summed E-state index contributed by atoms with van der Waals surface area (Å²) in [5.74, 6) is 0.157. The second-order valence-electron chi connectivity index (χ2n) is 5.14. The lowest BCUT2D eigenvalue weighted by atomic mass is 9.94. The predicted molar refractivity (Wildman–Crippen MR) is 69.4 cm³/mol. The molecule has 0 amide bonds. The molecule has 0 aliphatic carbocycles. The number of likely N-dealkylation sites (tertiary alicyclic amines) is 1. The van der Waals surface area contributed by atoms with Crippen molar-refractivity contribution in [3.05, 3.63) is 35.9 Å². The van der Waals surface area contributed by atoms with Gasteiger partial charge in [-0.15, -0.1) is 4.20 Å². The fraction of sp³-hybridized carbons (Fsp3) is 0.538. The van der Waals surface area contributed by atoms with Gasteiger partial charge in [-0.05, 0) is 18.5 Å². The van der Waals surface area contributed by atoms with Crippen LogP contribution in [-0.4, -0.2) is 30.7 Å². The molecule has 0 radical (unpaired) electrons. The first kappa shape index (κ1) is 13.3. The summed E-state index contributed by atoms with van der Waals surface area (Å²) in [7, 11) is -4.31. The van der Waals surface area contributed by atoms with Crippen LogP contribution in [-0.2, 0) is 20.2 Å². The molecular weight excluding hydrogens is 268 g/mol. The van der Waals surface area contributed by atoms with E-state index in [1.54, 1.807) is 0 Å². The van der Waals surface area contributed by atoms with E-state index in [2.05, 4.69) is 21.6 Å². The highest BCUT2D eigenvalue weighted by atomic mass is 31.2. The van der Waals surface area contributed by atoms with Crippen LogP contribution in [0.2, 0.25) is 0 Å². The monoisotopic (exact) mass is 285 g/mol. The average Bonchev–Trinajstić information content (AvgIpc) is 2.38. The Bertz CT molecular complexity index is 484. The van der Waals surface area contributed by atoms with Crippen LogP contribution in [0.25, 0.3) is 0 Å². The van der Waals surface area contributed by atoms with Crippen molar-refractivity contribution in [1.82, 2.24) is 4.90 Å². The van der Waals surface area contributed by atoms with Gasteiger partial charge in [-0.3, -0.25) is 13.9 Å². The minimum absolute atomic E-state index is 0.157. The maximum atomic E-state index is 13.3. The first-order valence-corrected chi connectivity index (χ1v) is 7.95. The van der Waals surface area contributed by atoms with Crippen molar-refractivity contribution in [2.75, 3.05) is 19.7 Å². The molecule has 2 aliphatic heterocycles. The molecular formula is C13H17FNO3P. The molecule has 104 valence electrons. The minimum Gasteiger partial charge on any atom is -0.296 e. The predicted octanol–water partition coefficient (Wildman–Crippen LogP) is 3.00. The van der Waals surface area contributed by atoms with Crippen molar-refractivity contribution in [1.29, 1.82) is 0 Å². The van der Waals surface area contributed by atoms with Crippen LogP contribution < -0.4 is 0 Å². The Morgan fingerprint density at radius 1 is 1.37 bits per heavy atom. The molecule has 3 atom stereocenters. The number of nitrogens with zero attached hydrogens (tertiary/aromatic N) is 1. The highest BCUT2D eigenvalue weighted by Gasteiger charge is 2.42. The Morgan fingerprint density at radius 2 is 2.16 bits per heavy atom. The Morgan fingerprint density at radius 3 is 2.95 bits per heavy atom. The standard InChI is InChI=1S/C13H17FNO3P/c14-19(16)17-10-12-6-7-15(9-13(12)18-19)8-11-4-2-1-3-5-11/h1-5,12-13H,6-10H2/t12-,13-,19+/m0/s1. The van der Waals surface area contributed by atoms with Gasteiger partial charge < -0.3 is 0 Å². The van der Waals surface area contributed by atoms with E-state index < -0.39 is 7.91 Å². The molecule has 0 saturated carbocycles. The topological polar surface area (TPSA) is 38.8 Å². The average molecular weight is 285 g/mol. The fourth-order valence-electron chi connectivity index (χ4n) is 2.70. The van der Waals surface area contributed by atoms with Crippen LogP contribution in [0.15, 0.2) is 30.3 Å². The Kier molecular flexibility index (Phi) is 3.72. The van der Waals surface area contributed by atoms with Gasteiger partial charge in [-0.1, -0.05) is 30.3 Å². The molecule has 3 rings (SSSR count). The van der Waals surface area contributed by atoms with Gasteiger partial charge in [0.2, 0.25) is 0 Å². The van der Waals surface area contributed by atoms with Crippen LogP contribution in [0.5, 0.6) is 0 Å². The van der Waals surface area contributed by atoms with Crippen molar-refractivity contribution < 1.29 is 17.8 Å². The molecule has 6 heteroatoms. The van der Waals surface area contributed by atoms with E-state index in [1.165, 1.54) is 5.56 Å². The van der Waals surface area contributed by atoms with E-state index in [9.17, 15) is 8.76 Å². The van der Waals surface area contributed by atoms with Gasteiger partial charge in [0, 0.05) is 19.0 Å². The lowest BCUT2D eigenvalue weighted by Gasteiger charge is -2.40. The molecule has 2 aliphatic rings. The highest BCUT2D eigenvalue weighted by Crippen LogP contribution is 2.55. The summed E-state index contributed by atoms with van der Waals surface area (Å²) in [5, 5.41) is 0. The van der Waals surface area contributed by atoms with Crippen molar-refractivity contribution in [2.45, 2.75) is 19.1 Å². The molecule has 0 spiro atoms. The quantitative estimate of drug-likeness (QED) is 0.783. The molecule has 0 bridgehead atoms. The normalized spacial score (nSPS) is 35.8. The van der Waals surface area contributed by atoms with E-state index >= 15 is 0 Å². The summed E-state index contributed by atoms with van der Waals surface area (Å²) in [6.45, 7) is 2.55. The van der Waals surface area contributed by atoms with Crippen LogP contribution in [0.3, 0.4) is 0 Å². The molecule has 2 fully saturated rings. The largest absolute Gasteiger partial charge is 0.513 e. The third-order valence-corrected chi connectivity index (χ3v) is 4.71. The maximum Gasteiger partial charge on any atom is 0.513 e. The Balaban J connectivity index is 1.63. The van der Waals surface area contributed by atoms with E-state index in [1.807, 2.05) is 18.2 Å². The number of fused-ring (bicyclic) bond motifs is 1.